The Bertz CT molecular complexity index is 1610. The number of hydrogen-bond donors (Lipinski definition) is 2. The second kappa shape index (κ2) is 10.2. The van der Waals surface area contributed by atoms with Crippen molar-refractivity contribution in [2.75, 3.05) is 0 Å². The van der Waals surface area contributed by atoms with E-state index in [4.69, 9.17) is 16.7 Å². The van der Waals surface area contributed by atoms with E-state index in [9.17, 15) is 14.0 Å². The van der Waals surface area contributed by atoms with Crippen molar-refractivity contribution in [1.29, 1.82) is 0 Å². The highest BCUT2D eigenvalue weighted by Crippen LogP contribution is 2.27. The number of nitrogens with zero attached hydrogens (tertiary/aromatic N) is 2. The number of imidazole rings is 1. The van der Waals surface area contributed by atoms with Crippen LogP contribution in [0.5, 0.6) is 0 Å². The van der Waals surface area contributed by atoms with Crippen molar-refractivity contribution in [2.24, 2.45) is 0 Å². The van der Waals surface area contributed by atoms with Crippen molar-refractivity contribution < 1.29 is 19.1 Å². The van der Waals surface area contributed by atoms with Crippen molar-refractivity contribution in [3.8, 4) is 11.1 Å². The van der Waals surface area contributed by atoms with Gasteiger partial charge in [-0.2, -0.15) is 0 Å². The molecule has 6 nitrogen and oxygen atoms in total. The number of fused-ring (bicyclic) bond motifs is 1. The summed E-state index contributed by atoms with van der Waals surface area (Å²) >= 11 is 6.16. The fraction of sp³-hybridized carbons (Fsp3) is 0.0690. The highest BCUT2D eigenvalue weighted by atomic mass is 35.5. The quantitative estimate of drug-likeness (QED) is 0.279. The van der Waals surface area contributed by atoms with Gasteiger partial charge in [-0.1, -0.05) is 48.0 Å². The minimum absolute atomic E-state index is 0.175. The third kappa shape index (κ3) is 5.37. The molecule has 2 N–H and O–H groups in total. The molecule has 0 atom stereocenters. The first-order chi connectivity index (χ1) is 17.9. The monoisotopic (exact) mass is 513 g/mol. The Labute approximate surface area is 217 Å². The minimum Gasteiger partial charge on any atom is -0.478 e. The minimum atomic E-state index is -1.01. The van der Waals surface area contributed by atoms with E-state index >= 15 is 0 Å². The number of amides is 1. The van der Waals surface area contributed by atoms with E-state index in [1.165, 1.54) is 24.3 Å². The number of carboxylic acids is 1. The van der Waals surface area contributed by atoms with E-state index in [0.717, 1.165) is 22.3 Å². The molecule has 0 radical (unpaired) electrons. The summed E-state index contributed by atoms with van der Waals surface area (Å²) in [6, 6.07) is 21.6. The highest BCUT2D eigenvalue weighted by Gasteiger charge is 2.18. The summed E-state index contributed by atoms with van der Waals surface area (Å²) in [5.74, 6) is -1.67. The maximum atomic E-state index is 13.5. The van der Waals surface area contributed by atoms with Gasteiger partial charge in [-0.3, -0.25) is 4.79 Å². The molecule has 0 aliphatic rings. The number of aromatic nitrogens is 2. The molecule has 2 aromatic heterocycles. The van der Waals surface area contributed by atoms with E-state index in [1.54, 1.807) is 47.1 Å². The molecule has 0 saturated carbocycles. The molecule has 0 bridgehead atoms. The fourth-order valence-electron chi connectivity index (χ4n) is 4.19. The van der Waals surface area contributed by atoms with Crippen LogP contribution >= 0.6 is 11.6 Å². The zero-order chi connectivity index (χ0) is 25.9. The highest BCUT2D eigenvalue weighted by molar-refractivity contribution is 6.30. The van der Waals surface area contributed by atoms with Crippen molar-refractivity contribution in [1.82, 2.24) is 14.7 Å². The molecule has 37 heavy (non-hydrogen) atoms. The summed E-state index contributed by atoms with van der Waals surface area (Å²) in [5.41, 5.74) is 5.17. The van der Waals surface area contributed by atoms with Gasteiger partial charge in [0.15, 0.2) is 0 Å². The molecule has 5 rings (SSSR count). The first kappa shape index (κ1) is 24.2. The van der Waals surface area contributed by atoms with Crippen molar-refractivity contribution in [3.63, 3.8) is 0 Å². The smallest absolute Gasteiger partial charge is 0.335 e. The first-order valence-electron chi connectivity index (χ1n) is 11.5. The van der Waals surface area contributed by atoms with Gasteiger partial charge in [0.2, 0.25) is 0 Å². The summed E-state index contributed by atoms with van der Waals surface area (Å²) in [6.45, 7) is 0.212. The molecule has 0 spiro atoms. The van der Waals surface area contributed by atoms with Gasteiger partial charge in [-0.15, -0.1) is 0 Å². The lowest BCUT2D eigenvalue weighted by Gasteiger charge is -2.12. The van der Waals surface area contributed by atoms with Crippen LogP contribution in [0.3, 0.4) is 0 Å². The Morgan fingerprint density at radius 3 is 2.41 bits per heavy atom. The van der Waals surface area contributed by atoms with Crippen LogP contribution in [0.4, 0.5) is 4.39 Å². The Morgan fingerprint density at radius 1 is 0.946 bits per heavy atom. The van der Waals surface area contributed by atoms with Crippen LogP contribution in [0, 0.1) is 5.82 Å². The number of carboxylic acid groups (broad SMARTS) is 1. The lowest BCUT2D eigenvalue weighted by Crippen LogP contribution is -2.23. The molecule has 1 amide bonds. The number of aromatic carboxylic acids is 1. The molecule has 0 unspecified atom stereocenters. The Hall–Kier alpha value is -4.49. The second-order valence-electron chi connectivity index (χ2n) is 8.59. The fourth-order valence-corrected chi connectivity index (χ4v) is 4.40. The molecule has 0 aliphatic heterocycles. The normalized spacial score (nSPS) is 11.0. The summed E-state index contributed by atoms with van der Waals surface area (Å²) in [4.78, 5) is 29.2. The maximum Gasteiger partial charge on any atom is 0.335 e. The summed E-state index contributed by atoms with van der Waals surface area (Å²) in [5, 5.41) is 12.6. The van der Waals surface area contributed by atoms with Crippen LogP contribution in [0.25, 0.3) is 16.6 Å². The van der Waals surface area contributed by atoms with Gasteiger partial charge < -0.3 is 14.8 Å². The van der Waals surface area contributed by atoms with Gasteiger partial charge in [-0.25, -0.2) is 14.2 Å². The zero-order valence-electron chi connectivity index (χ0n) is 19.5. The number of nitrogens with one attached hydrogen (secondary N) is 1. The molecule has 8 heteroatoms. The second-order valence-corrected chi connectivity index (χ2v) is 9.02. The van der Waals surface area contributed by atoms with Crippen LogP contribution in [-0.4, -0.2) is 26.4 Å². The third-order valence-electron chi connectivity index (χ3n) is 6.04. The number of pyridine rings is 1. The predicted molar refractivity (Wildman–Crippen MR) is 139 cm³/mol. The average molecular weight is 514 g/mol. The van der Waals surface area contributed by atoms with Crippen LogP contribution < -0.4 is 5.32 Å². The topological polar surface area (TPSA) is 83.7 Å². The first-order valence-corrected chi connectivity index (χ1v) is 11.9. The molecule has 184 valence electrons. The molecular formula is C29H21ClFN3O3. The van der Waals surface area contributed by atoms with Gasteiger partial charge >= 0.3 is 5.97 Å². The standard InChI is InChI=1S/C29H21ClFN3O3/c30-23-3-1-2-19(12-23)13-26-27-25(28(35)32-15-18-4-6-21(7-5-18)29(36)37)14-22(16-34(27)17-33-26)20-8-10-24(31)11-9-20/h1-12,14,16-17H,13,15H2,(H,32,35)(H,36,37). The van der Waals surface area contributed by atoms with Gasteiger partial charge in [0.1, 0.15) is 5.82 Å². The number of benzene rings is 3. The summed E-state index contributed by atoms with van der Waals surface area (Å²) < 4.78 is 15.3. The number of rotatable bonds is 7. The number of hydrogen-bond acceptors (Lipinski definition) is 3. The van der Waals surface area contributed by atoms with E-state index in [0.29, 0.717) is 28.2 Å². The molecular weight excluding hydrogens is 493 g/mol. The molecule has 0 aliphatic carbocycles. The molecule has 5 aromatic rings. The lowest BCUT2D eigenvalue weighted by atomic mass is 10.0. The third-order valence-corrected chi connectivity index (χ3v) is 6.27. The number of carbonyl (C=O) groups is 2. The van der Waals surface area contributed by atoms with Crippen molar-refractivity contribution in [2.45, 2.75) is 13.0 Å². The summed E-state index contributed by atoms with van der Waals surface area (Å²) in [6.07, 6.45) is 3.99. The van der Waals surface area contributed by atoms with Gasteiger partial charge in [-0.05, 0) is 64.7 Å². The lowest BCUT2D eigenvalue weighted by molar-refractivity contribution is 0.0696. The number of halogens is 2. The van der Waals surface area contributed by atoms with Crippen LogP contribution in [-0.2, 0) is 13.0 Å². The van der Waals surface area contributed by atoms with Crippen molar-refractivity contribution >= 4 is 29.0 Å². The van der Waals surface area contributed by atoms with Gasteiger partial charge in [0.25, 0.3) is 5.91 Å². The molecule has 0 saturated heterocycles. The molecule has 0 fully saturated rings. The Kier molecular flexibility index (Phi) is 6.70. The van der Waals surface area contributed by atoms with E-state index in [-0.39, 0.29) is 23.8 Å². The SMILES string of the molecule is O=C(O)c1ccc(CNC(=O)c2cc(-c3ccc(F)cc3)cn3cnc(Cc4cccc(Cl)c4)c23)cc1. The molecule has 2 heterocycles. The van der Waals surface area contributed by atoms with E-state index in [1.807, 2.05) is 24.4 Å². The van der Waals surface area contributed by atoms with Crippen LogP contribution in [0.2, 0.25) is 5.02 Å². The zero-order valence-corrected chi connectivity index (χ0v) is 20.2. The predicted octanol–water partition coefficient (Wildman–Crippen LogP) is 6.01. The van der Waals surface area contributed by atoms with Crippen molar-refractivity contribution in [3.05, 3.63) is 130 Å². The van der Waals surface area contributed by atoms with Gasteiger partial charge in [0, 0.05) is 24.2 Å². The maximum absolute atomic E-state index is 13.5. The van der Waals surface area contributed by atoms with E-state index in [2.05, 4.69) is 10.3 Å². The average Bonchev–Trinajstić information content (AvgIpc) is 3.30. The van der Waals surface area contributed by atoms with E-state index < -0.39 is 5.97 Å². The number of carbonyl (C=O) groups excluding carboxylic acids is 1. The Morgan fingerprint density at radius 2 is 1.70 bits per heavy atom. The molecule has 3 aromatic carbocycles. The van der Waals surface area contributed by atoms with Crippen LogP contribution in [0.15, 0.2) is 91.4 Å². The van der Waals surface area contributed by atoms with Gasteiger partial charge in [0.05, 0.1) is 28.7 Å². The largest absolute Gasteiger partial charge is 0.478 e. The summed E-state index contributed by atoms with van der Waals surface area (Å²) in [7, 11) is 0. The Balaban J connectivity index is 1.52. The van der Waals surface area contributed by atoms with Crippen LogP contribution in [0.1, 0.15) is 37.5 Å².